The molecule has 1 fully saturated rings. The van der Waals surface area contributed by atoms with Crippen molar-refractivity contribution in [1.82, 2.24) is 24.6 Å². The Hall–Kier alpha value is -1.69. The molecule has 0 radical (unpaired) electrons. The molecule has 0 saturated carbocycles. The van der Waals surface area contributed by atoms with E-state index in [1.54, 1.807) is 0 Å². The number of imidazole rings is 1. The van der Waals surface area contributed by atoms with Crippen LogP contribution < -0.4 is 0 Å². The van der Waals surface area contributed by atoms with Crippen molar-refractivity contribution in [2.45, 2.75) is 45.6 Å². The third-order valence-corrected chi connectivity index (χ3v) is 4.33. The molecule has 2 aromatic rings. The lowest BCUT2D eigenvalue weighted by molar-refractivity contribution is 0.151. The molecule has 3 rings (SSSR count). The van der Waals surface area contributed by atoms with Crippen molar-refractivity contribution in [3.63, 3.8) is 0 Å². The fraction of sp³-hybridized carbons (Fsp3) is 0.688. The number of piperidine rings is 1. The van der Waals surface area contributed by atoms with Gasteiger partial charge in [-0.15, -0.1) is 10.2 Å². The first-order valence-corrected chi connectivity index (χ1v) is 8.12. The van der Waals surface area contributed by atoms with Crippen molar-refractivity contribution in [3.8, 4) is 0 Å². The number of nitrogens with zero attached hydrogens (tertiary/aromatic N) is 5. The van der Waals surface area contributed by atoms with E-state index in [9.17, 15) is 0 Å². The number of aryl methyl sites for hydroxylation is 1. The first-order chi connectivity index (χ1) is 10.6. The molecule has 6 heteroatoms. The topological polar surface area (TPSA) is 60.0 Å². The van der Waals surface area contributed by atoms with Crippen LogP contribution in [0.4, 0.5) is 0 Å². The zero-order valence-corrected chi connectivity index (χ0v) is 13.7. The molecule has 6 nitrogen and oxygen atoms in total. The Morgan fingerprint density at radius 1 is 1.36 bits per heavy atom. The van der Waals surface area contributed by atoms with Gasteiger partial charge < -0.3 is 8.98 Å². The molecule has 1 atom stereocenters. The maximum Gasteiger partial charge on any atom is 0.230 e. The third-order valence-electron chi connectivity index (χ3n) is 4.33. The van der Waals surface area contributed by atoms with E-state index in [1.807, 2.05) is 12.4 Å². The number of rotatable bonds is 5. The molecule has 1 saturated heterocycles. The van der Waals surface area contributed by atoms with Gasteiger partial charge in [0.05, 0.1) is 6.54 Å². The predicted molar refractivity (Wildman–Crippen MR) is 83.3 cm³/mol. The van der Waals surface area contributed by atoms with Crippen molar-refractivity contribution in [3.05, 3.63) is 30.0 Å². The average Bonchev–Trinajstić information content (AvgIpc) is 3.10. The average molecular weight is 303 g/mol. The zero-order valence-electron chi connectivity index (χ0n) is 13.7. The second kappa shape index (κ2) is 6.60. The standard InChI is InChI=1S/C16H25N5O/c1-12(2)16-19-18-15(22-16)11-21-7-4-5-13(10-21)9-14-17-6-8-20(14)3/h6,8,12-13H,4-5,7,9-11H2,1-3H3/t13-/m1/s1. The second-order valence-electron chi connectivity index (χ2n) is 6.59. The lowest BCUT2D eigenvalue weighted by atomic mass is 9.94. The maximum atomic E-state index is 5.73. The molecule has 2 aromatic heterocycles. The Bertz CT molecular complexity index is 603. The van der Waals surface area contributed by atoms with Crippen molar-refractivity contribution >= 4 is 0 Å². The fourth-order valence-corrected chi connectivity index (χ4v) is 3.07. The fourth-order valence-electron chi connectivity index (χ4n) is 3.07. The number of hydrogen-bond acceptors (Lipinski definition) is 5. The maximum absolute atomic E-state index is 5.73. The lowest BCUT2D eigenvalue weighted by Crippen LogP contribution is -2.36. The van der Waals surface area contributed by atoms with Gasteiger partial charge in [0.1, 0.15) is 5.82 Å². The Balaban J connectivity index is 1.57. The summed E-state index contributed by atoms with van der Waals surface area (Å²) in [6, 6.07) is 0. The lowest BCUT2D eigenvalue weighted by Gasteiger charge is -2.31. The summed E-state index contributed by atoms with van der Waals surface area (Å²) in [6.07, 6.45) is 7.43. The highest BCUT2D eigenvalue weighted by Crippen LogP contribution is 2.22. The van der Waals surface area contributed by atoms with Crippen LogP contribution in [0.25, 0.3) is 0 Å². The molecule has 0 spiro atoms. The van der Waals surface area contributed by atoms with E-state index in [4.69, 9.17) is 4.42 Å². The van der Waals surface area contributed by atoms with Gasteiger partial charge in [-0.05, 0) is 25.3 Å². The van der Waals surface area contributed by atoms with Gasteiger partial charge in [0.25, 0.3) is 0 Å². The molecule has 0 bridgehead atoms. The van der Waals surface area contributed by atoms with Gasteiger partial charge in [0.2, 0.25) is 11.8 Å². The van der Waals surface area contributed by atoms with E-state index < -0.39 is 0 Å². The van der Waals surface area contributed by atoms with Crippen molar-refractivity contribution < 1.29 is 4.42 Å². The molecule has 1 aliphatic heterocycles. The van der Waals surface area contributed by atoms with Crippen LogP contribution in [0, 0.1) is 5.92 Å². The van der Waals surface area contributed by atoms with Crippen LogP contribution in [0.15, 0.2) is 16.8 Å². The molecule has 0 amide bonds. The largest absolute Gasteiger partial charge is 0.424 e. The summed E-state index contributed by atoms with van der Waals surface area (Å²) in [5, 5.41) is 8.29. The Morgan fingerprint density at radius 2 is 2.23 bits per heavy atom. The second-order valence-corrected chi connectivity index (χ2v) is 6.59. The molecule has 0 N–H and O–H groups in total. The van der Waals surface area contributed by atoms with E-state index in [-0.39, 0.29) is 0 Å². The molecule has 120 valence electrons. The quantitative estimate of drug-likeness (QED) is 0.848. The Morgan fingerprint density at radius 3 is 2.91 bits per heavy atom. The van der Waals surface area contributed by atoms with Crippen LogP contribution in [0.2, 0.25) is 0 Å². The van der Waals surface area contributed by atoms with E-state index in [0.717, 1.165) is 37.8 Å². The minimum absolute atomic E-state index is 0.291. The third kappa shape index (κ3) is 3.55. The molecule has 3 heterocycles. The first-order valence-electron chi connectivity index (χ1n) is 8.12. The zero-order chi connectivity index (χ0) is 15.5. The summed E-state index contributed by atoms with van der Waals surface area (Å²) in [5.41, 5.74) is 0. The van der Waals surface area contributed by atoms with Crippen LogP contribution in [-0.2, 0) is 20.0 Å². The summed E-state index contributed by atoms with van der Waals surface area (Å²) in [4.78, 5) is 6.87. The minimum Gasteiger partial charge on any atom is -0.424 e. The molecule has 22 heavy (non-hydrogen) atoms. The molecule has 0 aliphatic carbocycles. The van der Waals surface area contributed by atoms with Crippen LogP contribution in [0.3, 0.4) is 0 Å². The van der Waals surface area contributed by atoms with E-state index in [0.29, 0.717) is 11.8 Å². The first kappa shape index (κ1) is 15.2. The summed E-state index contributed by atoms with van der Waals surface area (Å²) in [5.74, 6) is 3.59. The van der Waals surface area contributed by atoms with Crippen molar-refractivity contribution in [2.24, 2.45) is 13.0 Å². The predicted octanol–water partition coefficient (Wildman–Crippen LogP) is 2.38. The highest BCUT2D eigenvalue weighted by molar-refractivity contribution is 4.94. The summed E-state index contributed by atoms with van der Waals surface area (Å²) in [7, 11) is 2.06. The van der Waals surface area contributed by atoms with Gasteiger partial charge in [0.15, 0.2) is 0 Å². The molecule has 0 aromatic carbocycles. The smallest absolute Gasteiger partial charge is 0.230 e. The summed E-state index contributed by atoms with van der Waals surface area (Å²) >= 11 is 0. The van der Waals surface area contributed by atoms with Gasteiger partial charge in [0, 0.05) is 38.3 Å². The van der Waals surface area contributed by atoms with E-state index in [1.165, 1.54) is 18.7 Å². The van der Waals surface area contributed by atoms with Gasteiger partial charge in [-0.3, -0.25) is 4.90 Å². The van der Waals surface area contributed by atoms with Gasteiger partial charge in [-0.2, -0.15) is 0 Å². The molecule has 1 aliphatic rings. The number of likely N-dealkylation sites (tertiary alicyclic amines) is 1. The van der Waals surface area contributed by atoms with Crippen LogP contribution >= 0.6 is 0 Å². The number of hydrogen-bond donors (Lipinski definition) is 0. The summed E-state index contributed by atoms with van der Waals surface area (Å²) in [6.45, 7) is 7.08. The summed E-state index contributed by atoms with van der Waals surface area (Å²) < 4.78 is 7.84. The minimum atomic E-state index is 0.291. The molecular formula is C16H25N5O. The van der Waals surface area contributed by atoms with Crippen LogP contribution in [0.5, 0.6) is 0 Å². The Labute approximate surface area is 131 Å². The highest BCUT2D eigenvalue weighted by atomic mass is 16.4. The highest BCUT2D eigenvalue weighted by Gasteiger charge is 2.23. The van der Waals surface area contributed by atoms with Crippen molar-refractivity contribution in [2.75, 3.05) is 13.1 Å². The molecule has 0 unspecified atom stereocenters. The Kier molecular flexibility index (Phi) is 4.57. The van der Waals surface area contributed by atoms with Crippen molar-refractivity contribution in [1.29, 1.82) is 0 Å². The monoisotopic (exact) mass is 303 g/mol. The van der Waals surface area contributed by atoms with Crippen LogP contribution in [0.1, 0.15) is 50.2 Å². The van der Waals surface area contributed by atoms with Gasteiger partial charge in [-0.25, -0.2) is 4.98 Å². The van der Waals surface area contributed by atoms with Gasteiger partial charge >= 0.3 is 0 Å². The normalized spacial score (nSPS) is 19.9. The van der Waals surface area contributed by atoms with Gasteiger partial charge in [-0.1, -0.05) is 13.8 Å². The number of aromatic nitrogens is 4. The van der Waals surface area contributed by atoms with Crippen LogP contribution in [-0.4, -0.2) is 37.7 Å². The SMILES string of the molecule is CC(C)c1nnc(CN2CCC[C@H](Cc3nccn3C)C2)o1. The van der Waals surface area contributed by atoms with E-state index in [2.05, 4.69) is 45.5 Å². The molecular weight excluding hydrogens is 278 g/mol. The van der Waals surface area contributed by atoms with E-state index >= 15 is 0 Å².